The smallest absolute Gasteiger partial charge is 0.277 e. The molecule has 154 valence electrons. The lowest BCUT2D eigenvalue weighted by molar-refractivity contribution is 0.102. The minimum Gasteiger partial charge on any atom is -0.411 e. The number of hydrogen-bond acceptors (Lipinski definition) is 5. The van der Waals surface area contributed by atoms with E-state index in [2.05, 4.69) is 19.7 Å². The van der Waals surface area contributed by atoms with E-state index in [1.807, 2.05) is 80.7 Å². The van der Waals surface area contributed by atoms with Crippen LogP contribution in [0.15, 0.2) is 76.5 Å². The molecule has 7 heteroatoms. The van der Waals surface area contributed by atoms with Crippen LogP contribution in [0.4, 0.5) is 0 Å². The van der Waals surface area contributed by atoms with Gasteiger partial charge in [0.2, 0.25) is 0 Å². The third-order valence-corrected chi connectivity index (χ3v) is 6.12. The zero-order chi connectivity index (χ0) is 21.4. The Hall–Kier alpha value is -3.58. The quantitative estimate of drug-likeness (QED) is 0.281. The summed E-state index contributed by atoms with van der Waals surface area (Å²) in [5.74, 6) is 0.705. The van der Waals surface area contributed by atoms with Crippen LogP contribution < -0.4 is 0 Å². The Bertz CT molecular complexity index is 1380. The van der Waals surface area contributed by atoms with Gasteiger partial charge in [-0.2, -0.15) is 0 Å². The normalized spacial score (nSPS) is 11.3. The molecule has 0 spiro atoms. The summed E-state index contributed by atoms with van der Waals surface area (Å²) >= 11 is 1.26. The highest BCUT2D eigenvalue weighted by molar-refractivity contribution is 7.99. The lowest BCUT2D eigenvalue weighted by atomic mass is 10.2. The van der Waals surface area contributed by atoms with Gasteiger partial charge in [0.15, 0.2) is 5.78 Å². The number of para-hydroxylation sites is 2. The Morgan fingerprint density at radius 1 is 1.06 bits per heavy atom. The van der Waals surface area contributed by atoms with E-state index < -0.39 is 0 Å². The van der Waals surface area contributed by atoms with Crippen molar-refractivity contribution in [3.05, 3.63) is 83.8 Å². The fourth-order valence-corrected chi connectivity index (χ4v) is 4.50. The van der Waals surface area contributed by atoms with Gasteiger partial charge in [-0.05, 0) is 38.1 Å². The molecule has 2 aromatic carbocycles. The number of rotatable bonds is 6. The summed E-state index contributed by atoms with van der Waals surface area (Å²) in [5.41, 5.74) is 5.58. The van der Waals surface area contributed by atoms with Crippen molar-refractivity contribution in [3.63, 3.8) is 0 Å². The van der Waals surface area contributed by atoms with Gasteiger partial charge < -0.3 is 14.0 Å². The Balaban J connectivity index is 1.33. The summed E-state index contributed by atoms with van der Waals surface area (Å²) in [6.45, 7) is 3.98. The highest BCUT2D eigenvalue weighted by Crippen LogP contribution is 2.30. The summed E-state index contributed by atoms with van der Waals surface area (Å²) in [7, 11) is 0. The molecule has 3 aromatic heterocycles. The number of fused-ring (bicyclic) bond motifs is 1. The van der Waals surface area contributed by atoms with E-state index in [1.54, 1.807) is 0 Å². The number of nitrogens with one attached hydrogen (secondary N) is 1. The molecule has 3 heterocycles. The molecule has 0 radical (unpaired) electrons. The zero-order valence-electron chi connectivity index (χ0n) is 17.1. The number of aromatic amines is 1. The number of thioether (sulfide) groups is 1. The molecule has 0 aliphatic heterocycles. The minimum absolute atomic E-state index is 0.0344. The molecule has 0 saturated carbocycles. The molecule has 0 aliphatic carbocycles. The number of aromatic nitrogens is 4. The standard InChI is InChI=1S/C24H20N4O2S/c1-15-12-19(16(2)28(15)17-8-4-3-5-9-17)22(29)14-31-24-27-26-23(30-24)20-13-25-21-11-7-6-10-18(20)21/h3-13,25H,14H2,1-2H3. The first-order valence-corrected chi connectivity index (χ1v) is 10.9. The summed E-state index contributed by atoms with van der Waals surface area (Å²) < 4.78 is 7.91. The number of aryl methyl sites for hydroxylation is 1. The van der Waals surface area contributed by atoms with Crippen molar-refractivity contribution in [2.45, 2.75) is 19.1 Å². The Kier molecular flexibility index (Phi) is 4.95. The summed E-state index contributed by atoms with van der Waals surface area (Å²) in [6.07, 6.45) is 1.86. The third kappa shape index (κ3) is 3.57. The van der Waals surface area contributed by atoms with Gasteiger partial charge in [0.05, 0.1) is 11.3 Å². The van der Waals surface area contributed by atoms with Crippen molar-refractivity contribution < 1.29 is 9.21 Å². The molecule has 0 amide bonds. The van der Waals surface area contributed by atoms with Gasteiger partial charge in [0.25, 0.3) is 11.1 Å². The second kappa shape index (κ2) is 7.92. The molecule has 0 saturated heterocycles. The van der Waals surface area contributed by atoms with E-state index in [0.29, 0.717) is 16.7 Å². The predicted octanol–water partition coefficient (Wildman–Crippen LogP) is 5.60. The molecule has 5 rings (SSSR count). The maximum absolute atomic E-state index is 12.9. The van der Waals surface area contributed by atoms with Crippen LogP contribution in [0.5, 0.6) is 0 Å². The Labute approximate surface area is 183 Å². The van der Waals surface area contributed by atoms with Gasteiger partial charge in [-0.25, -0.2) is 0 Å². The number of ketones is 1. The first-order valence-electron chi connectivity index (χ1n) is 9.92. The highest BCUT2D eigenvalue weighted by atomic mass is 32.2. The van der Waals surface area contributed by atoms with Crippen LogP contribution in [-0.4, -0.2) is 31.3 Å². The van der Waals surface area contributed by atoms with Crippen LogP contribution in [0.2, 0.25) is 0 Å². The highest BCUT2D eigenvalue weighted by Gasteiger charge is 2.19. The molecule has 0 bridgehead atoms. The second-order valence-electron chi connectivity index (χ2n) is 7.29. The van der Waals surface area contributed by atoms with Gasteiger partial charge in [-0.3, -0.25) is 4.79 Å². The van der Waals surface area contributed by atoms with Crippen LogP contribution in [0.3, 0.4) is 0 Å². The van der Waals surface area contributed by atoms with Crippen LogP contribution in [-0.2, 0) is 0 Å². The first-order chi connectivity index (χ1) is 15.1. The van der Waals surface area contributed by atoms with Gasteiger partial charge in [0, 0.05) is 39.7 Å². The maximum Gasteiger partial charge on any atom is 0.277 e. The van der Waals surface area contributed by atoms with E-state index in [4.69, 9.17) is 4.42 Å². The van der Waals surface area contributed by atoms with E-state index in [9.17, 15) is 4.79 Å². The lowest BCUT2D eigenvalue weighted by Crippen LogP contribution is -2.05. The van der Waals surface area contributed by atoms with Crippen molar-refractivity contribution in [3.8, 4) is 17.1 Å². The van der Waals surface area contributed by atoms with Crippen molar-refractivity contribution in [1.29, 1.82) is 0 Å². The second-order valence-corrected chi connectivity index (χ2v) is 8.22. The van der Waals surface area contributed by atoms with Gasteiger partial charge in [0.1, 0.15) is 0 Å². The zero-order valence-corrected chi connectivity index (χ0v) is 17.9. The molecule has 5 aromatic rings. The molecule has 0 unspecified atom stereocenters. The van der Waals surface area contributed by atoms with Gasteiger partial charge in [-0.1, -0.05) is 48.2 Å². The fourth-order valence-electron chi connectivity index (χ4n) is 3.85. The van der Waals surface area contributed by atoms with Crippen molar-refractivity contribution >= 4 is 28.4 Å². The maximum atomic E-state index is 12.9. The van der Waals surface area contributed by atoms with Crippen LogP contribution in [0, 0.1) is 13.8 Å². The van der Waals surface area contributed by atoms with E-state index in [-0.39, 0.29) is 11.5 Å². The van der Waals surface area contributed by atoms with E-state index in [1.165, 1.54) is 11.8 Å². The first kappa shape index (κ1) is 19.4. The summed E-state index contributed by atoms with van der Waals surface area (Å²) in [5, 5.41) is 9.67. The molecular formula is C24H20N4O2S. The summed E-state index contributed by atoms with van der Waals surface area (Å²) in [4.78, 5) is 16.1. The van der Waals surface area contributed by atoms with Crippen LogP contribution in [0.25, 0.3) is 28.0 Å². The number of benzene rings is 2. The van der Waals surface area contributed by atoms with E-state index >= 15 is 0 Å². The van der Waals surface area contributed by atoms with Crippen LogP contribution in [0.1, 0.15) is 21.7 Å². The molecule has 0 atom stereocenters. The lowest BCUT2D eigenvalue weighted by Gasteiger charge is -2.09. The van der Waals surface area contributed by atoms with Crippen molar-refractivity contribution in [2.24, 2.45) is 0 Å². The average Bonchev–Trinajstić information content (AvgIpc) is 3.49. The largest absolute Gasteiger partial charge is 0.411 e. The van der Waals surface area contributed by atoms with Gasteiger partial charge in [-0.15, -0.1) is 10.2 Å². The topological polar surface area (TPSA) is 76.7 Å². The minimum atomic E-state index is 0.0344. The monoisotopic (exact) mass is 428 g/mol. The third-order valence-electron chi connectivity index (χ3n) is 5.30. The van der Waals surface area contributed by atoms with Crippen molar-refractivity contribution in [2.75, 3.05) is 5.75 Å². The predicted molar refractivity (Wildman–Crippen MR) is 122 cm³/mol. The average molecular weight is 429 g/mol. The number of nitrogens with zero attached hydrogens (tertiary/aromatic N) is 3. The summed E-state index contributed by atoms with van der Waals surface area (Å²) in [6, 6.07) is 19.9. The number of hydrogen-bond donors (Lipinski definition) is 1. The number of Topliss-reactive ketones (excluding diaryl/α,β-unsaturated/α-hetero) is 1. The molecular weight excluding hydrogens is 408 g/mol. The molecule has 0 aliphatic rings. The molecule has 0 fully saturated rings. The number of carbonyl (C=O) groups is 1. The molecule has 31 heavy (non-hydrogen) atoms. The fraction of sp³-hybridized carbons (Fsp3) is 0.125. The molecule has 6 nitrogen and oxygen atoms in total. The Morgan fingerprint density at radius 3 is 2.68 bits per heavy atom. The van der Waals surface area contributed by atoms with Crippen molar-refractivity contribution in [1.82, 2.24) is 19.7 Å². The van der Waals surface area contributed by atoms with E-state index in [0.717, 1.165) is 33.5 Å². The number of carbonyl (C=O) groups excluding carboxylic acids is 1. The number of H-pyrrole nitrogens is 1. The molecule has 1 N–H and O–H groups in total. The van der Waals surface area contributed by atoms with Crippen LogP contribution >= 0.6 is 11.8 Å². The Morgan fingerprint density at radius 2 is 1.84 bits per heavy atom. The van der Waals surface area contributed by atoms with Gasteiger partial charge >= 0.3 is 0 Å². The SMILES string of the molecule is Cc1cc(C(=O)CSc2nnc(-c3c[nH]c4ccccc34)o2)c(C)n1-c1ccccc1.